The molecule has 1 aromatic rings. The maximum atomic E-state index is 4.54. The van der Waals surface area contributed by atoms with E-state index in [1.54, 1.807) is 6.08 Å². The van der Waals surface area contributed by atoms with Crippen LogP contribution in [0.25, 0.3) is 0 Å². The van der Waals surface area contributed by atoms with Crippen molar-refractivity contribution in [2.24, 2.45) is 0 Å². The van der Waals surface area contributed by atoms with E-state index in [4.69, 9.17) is 0 Å². The van der Waals surface area contributed by atoms with Crippen LogP contribution in [-0.4, -0.2) is 30.2 Å². The normalized spacial score (nSPS) is 20.2. The molecular formula is C19H35N3. The van der Waals surface area contributed by atoms with E-state index in [2.05, 4.69) is 68.5 Å². The van der Waals surface area contributed by atoms with Crippen LogP contribution in [0, 0.1) is 0 Å². The molecule has 0 aliphatic carbocycles. The Bertz CT molecular complexity index is 376. The SMILES string of the molecule is C=CC.CCC.CCc1ccc(N2CC(C)NC(C)C2)nc1. The molecule has 1 aliphatic heterocycles. The van der Waals surface area contributed by atoms with Gasteiger partial charge in [-0.2, -0.15) is 0 Å². The first-order chi connectivity index (χ1) is 10.5. The number of anilines is 1. The Morgan fingerprint density at radius 1 is 1.23 bits per heavy atom. The first-order valence-electron chi connectivity index (χ1n) is 8.55. The Labute approximate surface area is 137 Å². The Morgan fingerprint density at radius 2 is 1.73 bits per heavy atom. The summed E-state index contributed by atoms with van der Waals surface area (Å²) in [5.74, 6) is 1.11. The number of rotatable bonds is 2. The lowest BCUT2D eigenvalue weighted by atomic mass is 10.1. The summed E-state index contributed by atoms with van der Waals surface area (Å²) < 4.78 is 0. The van der Waals surface area contributed by atoms with Crippen molar-refractivity contribution in [1.82, 2.24) is 10.3 Å². The van der Waals surface area contributed by atoms with Gasteiger partial charge in [0.2, 0.25) is 0 Å². The zero-order valence-electron chi connectivity index (χ0n) is 15.4. The number of piperazine rings is 1. The maximum Gasteiger partial charge on any atom is 0.128 e. The Morgan fingerprint density at radius 3 is 2.09 bits per heavy atom. The van der Waals surface area contributed by atoms with Crippen LogP contribution in [0.15, 0.2) is 31.0 Å². The molecule has 1 N–H and O–H groups in total. The lowest BCUT2D eigenvalue weighted by Crippen LogP contribution is -2.54. The number of aromatic nitrogens is 1. The zero-order chi connectivity index (χ0) is 17.0. The summed E-state index contributed by atoms with van der Waals surface area (Å²) in [7, 11) is 0. The van der Waals surface area contributed by atoms with E-state index in [9.17, 15) is 0 Å². The largest absolute Gasteiger partial charge is 0.354 e. The van der Waals surface area contributed by atoms with Crippen molar-refractivity contribution >= 4 is 5.82 Å². The van der Waals surface area contributed by atoms with E-state index < -0.39 is 0 Å². The van der Waals surface area contributed by atoms with Crippen LogP contribution < -0.4 is 10.2 Å². The van der Waals surface area contributed by atoms with Crippen LogP contribution in [0.4, 0.5) is 5.82 Å². The minimum atomic E-state index is 0.538. The lowest BCUT2D eigenvalue weighted by Gasteiger charge is -2.36. The third-order valence-corrected chi connectivity index (χ3v) is 3.10. The van der Waals surface area contributed by atoms with Gasteiger partial charge in [0.25, 0.3) is 0 Å². The van der Waals surface area contributed by atoms with Gasteiger partial charge in [0.1, 0.15) is 5.82 Å². The highest BCUT2D eigenvalue weighted by molar-refractivity contribution is 5.40. The van der Waals surface area contributed by atoms with Crippen molar-refractivity contribution in [2.75, 3.05) is 18.0 Å². The van der Waals surface area contributed by atoms with Gasteiger partial charge in [-0.05, 0) is 38.8 Å². The minimum absolute atomic E-state index is 0.538. The van der Waals surface area contributed by atoms with Crippen molar-refractivity contribution in [1.29, 1.82) is 0 Å². The van der Waals surface area contributed by atoms with Gasteiger partial charge in [-0.3, -0.25) is 0 Å². The molecule has 0 saturated carbocycles. The molecule has 2 rings (SSSR count). The van der Waals surface area contributed by atoms with Crippen LogP contribution in [0.2, 0.25) is 0 Å². The number of nitrogens with one attached hydrogen (secondary N) is 1. The topological polar surface area (TPSA) is 28.2 Å². The van der Waals surface area contributed by atoms with Crippen molar-refractivity contribution < 1.29 is 0 Å². The molecule has 1 fully saturated rings. The molecule has 3 heteroatoms. The molecule has 1 aromatic heterocycles. The standard InChI is InChI=1S/C13H21N3.C3H8.C3H6/c1-4-12-5-6-13(14-7-12)16-8-10(2)15-11(3)9-16;2*1-3-2/h5-7,10-11,15H,4,8-9H2,1-3H3;3H2,1-2H3;3H,1H2,2H3. The van der Waals surface area contributed by atoms with E-state index in [0.29, 0.717) is 12.1 Å². The number of aryl methyl sites for hydroxylation is 1. The molecule has 0 amide bonds. The van der Waals surface area contributed by atoms with E-state index in [0.717, 1.165) is 25.3 Å². The van der Waals surface area contributed by atoms with Gasteiger partial charge in [-0.1, -0.05) is 39.3 Å². The summed E-state index contributed by atoms with van der Waals surface area (Å²) in [6.45, 7) is 18.2. The Hall–Kier alpha value is -1.35. The van der Waals surface area contributed by atoms with Crippen LogP contribution in [0.3, 0.4) is 0 Å². The second-order valence-corrected chi connectivity index (χ2v) is 5.87. The fourth-order valence-electron chi connectivity index (χ4n) is 2.33. The predicted molar refractivity (Wildman–Crippen MR) is 99.7 cm³/mol. The third kappa shape index (κ3) is 8.18. The highest BCUT2D eigenvalue weighted by Crippen LogP contribution is 2.15. The minimum Gasteiger partial charge on any atom is -0.354 e. The second kappa shape index (κ2) is 12.2. The van der Waals surface area contributed by atoms with Gasteiger partial charge >= 0.3 is 0 Å². The van der Waals surface area contributed by atoms with E-state index in [-0.39, 0.29) is 0 Å². The number of hydrogen-bond acceptors (Lipinski definition) is 3. The van der Waals surface area contributed by atoms with Gasteiger partial charge < -0.3 is 10.2 Å². The molecule has 2 atom stereocenters. The molecule has 2 unspecified atom stereocenters. The van der Waals surface area contributed by atoms with E-state index in [1.165, 1.54) is 12.0 Å². The van der Waals surface area contributed by atoms with Crippen molar-refractivity contribution in [3.63, 3.8) is 0 Å². The smallest absolute Gasteiger partial charge is 0.128 e. The first kappa shape index (κ1) is 20.6. The molecular weight excluding hydrogens is 270 g/mol. The predicted octanol–water partition coefficient (Wildman–Crippen LogP) is 4.44. The molecule has 0 radical (unpaired) electrons. The van der Waals surface area contributed by atoms with Crippen molar-refractivity contribution in [3.8, 4) is 0 Å². The van der Waals surface area contributed by atoms with Crippen LogP contribution in [-0.2, 0) is 6.42 Å². The summed E-state index contributed by atoms with van der Waals surface area (Å²) in [4.78, 5) is 6.91. The lowest BCUT2D eigenvalue weighted by molar-refractivity contribution is 0.405. The van der Waals surface area contributed by atoms with Crippen molar-refractivity contribution in [3.05, 3.63) is 36.5 Å². The number of pyridine rings is 1. The Balaban J connectivity index is 0.000000639. The third-order valence-electron chi connectivity index (χ3n) is 3.10. The van der Waals surface area contributed by atoms with Crippen LogP contribution in [0.5, 0.6) is 0 Å². The summed E-state index contributed by atoms with van der Waals surface area (Å²) in [6, 6.07) is 5.40. The fraction of sp³-hybridized carbons (Fsp3) is 0.632. The number of allylic oxidation sites excluding steroid dienone is 1. The quantitative estimate of drug-likeness (QED) is 0.819. The maximum absolute atomic E-state index is 4.54. The van der Waals surface area contributed by atoms with Gasteiger partial charge in [0.15, 0.2) is 0 Å². The molecule has 2 heterocycles. The Kier molecular flexibility index (Phi) is 11.5. The second-order valence-electron chi connectivity index (χ2n) is 5.87. The summed E-state index contributed by atoms with van der Waals surface area (Å²) >= 11 is 0. The molecule has 22 heavy (non-hydrogen) atoms. The average Bonchev–Trinajstić information content (AvgIpc) is 2.48. The fourth-order valence-corrected chi connectivity index (χ4v) is 2.33. The van der Waals surface area contributed by atoms with Gasteiger partial charge in [-0.25, -0.2) is 4.98 Å². The van der Waals surface area contributed by atoms with Crippen molar-refractivity contribution in [2.45, 2.75) is 66.5 Å². The number of nitrogens with zero attached hydrogens (tertiary/aromatic N) is 2. The van der Waals surface area contributed by atoms with Gasteiger partial charge in [0, 0.05) is 31.4 Å². The molecule has 0 aromatic carbocycles. The van der Waals surface area contributed by atoms with Gasteiger partial charge in [0.05, 0.1) is 0 Å². The molecule has 126 valence electrons. The molecule has 1 aliphatic rings. The van der Waals surface area contributed by atoms with E-state index in [1.807, 2.05) is 13.1 Å². The molecule has 1 saturated heterocycles. The van der Waals surface area contributed by atoms with E-state index >= 15 is 0 Å². The monoisotopic (exact) mass is 305 g/mol. The summed E-state index contributed by atoms with van der Waals surface area (Å²) in [5.41, 5.74) is 1.31. The zero-order valence-corrected chi connectivity index (χ0v) is 15.4. The summed E-state index contributed by atoms with van der Waals surface area (Å²) in [6.07, 6.45) is 6.05. The van der Waals surface area contributed by atoms with Crippen LogP contribution >= 0.6 is 0 Å². The first-order valence-corrected chi connectivity index (χ1v) is 8.55. The highest BCUT2D eigenvalue weighted by atomic mass is 15.2. The average molecular weight is 306 g/mol. The molecule has 3 nitrogen and oxygen atoms in total. The van der Waals surface area contributed by atoms with Crippen LogP contribution in [0.1, 0.15) is 53.5 Å². The number of hydrogen-bond donors (Lipinski definition) is 1. The molecule has 0 spiro atoms. The highest BCUT2D eigenvalue weighted by Gasteiger charge is 2.21. The summed E-state index contributed by atoms with van der Waals surface area (Å²) in [5, 5.41) is 3.53. The van der Waals surface area contributed by atoms with Gasteiger partial charge in [-0.15, -0.1) is 6.58 Å². The molecule has 0 bridgehead atoms.